The van der Waals surface area contributed by atoms with E-state index in [9.17, 15) is 4.79 Å². The number of methoxy groups -OCH3 is 1. The first-order valence-corrected chi connectivity index (χ1v) is 11.9. The molecule has 1 aromatic carbocycles. The van der Waals surface area contributed by atoms with Crippen LogP contribution in [0.1, 0.15) is 23.5 Å². The van der Waals surface area contributed by atoms with Crippen molar-refractivity contribution in [2.45, 2.75) is 17.4 Å². The molecule has 5 nitrogen and oxygen atoms in total. The van der Waals surface area contributed by atoms with Crippen LogP contribution in [0.3, 0.4) is 0 Å². The number of rotatable bonds is 5. The van der Waals surface area contributed by atoms with Gasteiger partial charge in [-0.3, -0.25) is 9.69 Å². The van der Waals surface area contributed by atoms with Crippen molar-refractivity contribution in [2.24, 2.45) is 5.92 Å². The Balaban J connectivity index is 1.59. The fourth-order valence-electron chi connectivity index (χ4n) is 3.46. The largest absolute Gasteiger partial charge is 0.469 e. The number of halogens is 1. The third-order valence-electron chi connectivity index (χ3n) is 4.95. The fraction of sp³-hybridized carbons (Fsp3) is 0.350. The van der Waals surface area contributed by atoms with Gasteiger partial charge in [0, 0.05) is 11.8 Å². The quantitative estimate of drug-likeness (QED) is 0.398. The van der Waals surface area contributed by atoms with Gasteiger partial charge in [-0.25, -0.2) is 9.29 Å². The lowest BCUT2D eigenvalue weighted by Crippen LogP contribution is -2.25. The highest BCUT2D eigenvalue weighted by molar-refractivity contribution is 8.83. The Kier molecular flexibility index (Phi) is 5.81. The van der Waals surface area contributed by atoms with E-state index in [0.717, 1.165) is 18.1 Å². The van der Waals surface area contributed by atoms with Gasteiger partial charge in [0.05, 0.1) is 29.7 Å². The van der Waals surface area contributed by atoms with E-state index in [2.05, 4.69) is 52.5 Å². The normalized spacial score (nSPS) is 25.1. The Hall–Kier alpha value is -1.38. The molecule has 2 heterocycles. The Morgan fingerprint density at radius 1 is 1.25 bits per heavy atom. The molecule has 1 fully saturated rings. The number of carbonyl (C=O) groups is 1. The molecule has 2 aromatic rings. The predicted molar refractivity (Wildman–Crippen MR) is 117 cm³/mol. The van der Waals surface area contributed by atoms with E-state index in [1.807, 2.05) is 12.1 Å². The zero-order valence-corrected chi connectivity index (χ0v) is 18.4. The highest BCUT2D eigenvalue weighted by Gasteiger charge is 2.44. The number of aromatic nitrogens is 1. The second-order valence-electron chi connectivity index (χ2n) is 7.01. The lowest BCUT2D eigenvalue weighted by Gasteiger charge is -2.14. The third-order valence-corrected chi connectivity index (χ3v) is 9.53. The Labute approximate surface area is 176 Å². The molecule has 0 amide bonds. The third kappa shape index (κ3) is 4.00. The van der Waals surface area contributed by atoms with E-state index in [0.29, 0.717) is 10.9 Å². The summed E-state index contributed by atoms with van der Waals surface area (Å²) < 4.78 is 7.20. The number of carbonyl (C=O) groups excluding carboxylic acids is 1. The van der Waals surface area contributed by atoms with Crippen LogP contribution in [0.2, 0.25) is 5.02 Å². The first-order valence-electron chi connectivity index (χ1n) is 8.99. The summed E-state index contributed by atoms with van der Waals surface area (Å²) in [5, 5.41) is 1.61. The van der Waals surface area contributed by atoms with Crippen LogP contribution in [0, 0.1) is 5.92 Å². The SMILES string of the molecule is COC(=O)C1CC1c1ccc(C2=S(Sc3ccc(Cl)cn3)N(C)CN2C)cc1. The van der Waals surface area contributed by atoms with Gasteiger partial charge in [-0.1, -0.05) is 35.9 Å². The van der Waals surface area contributed by atoms with E-state index < -0.39 is 0 Å². The van der Waals surface area contributed by atoms with Crippen LogP contribution in [0.25, 0.3) is 0 Å². The number of pyridine rings is 1. The highest BCUT2D eigenvalue weighted by Crippen LogP contribution is 2.49. The Bertz CT molecular complexity index is 918. The first kappa shape index (κ1) is 19.9. The molecule has 3 atom stereocenters. The summed E-state index contributed by atoms with van der Waals surface area (Å²) in [5.74, 6) is 0.209. The van der Waals surface area contributed by atoms with Crippen LogP contribution in [-0.2, 0) is 9.53 Å². The van der Waals surface area contributed by atoms with Crippen LogP contribution in [0.4, 0.5) is 0 Å². The summed E-state index contributed by atoms with van der Waals surface area (Å²) in [6, 6.07) is 12.5. The average molecular weight is 436 g/mol. The van der Waals surface area contributed by atoms with Gasteiger partial charge in [-0.05, 0) is 64.6 Å². The molecular weight excluding hydrogens is 414 g/mol. The van der Waals surface area contributed by atoms with Crippen molar-refractivity contribution in [2.75, 3.05) is 27.9 Å². The molecule has 0 spiro atoms. The van der Waals surface area contributed by atoms with Gasteiger partial charge in [-0.15, -0.1) is 0 Å². The summed E-state index contributed by atoms with van der Waals surface area (Å²) in [4.78, 5) is 19.7. The summed E-state index contributed by atoms with van der Waals surface area (Å²) in [6.45, 7) is 0.869. The molecule has 28 heavy (non-hydrogen) atoms. The van der Waals surface area contributed by atoms with Crippen LogP contribution in [0.5, 0.6) is 0 Å². The maximum atomic E-state index is 11.7. The van der Waals surface area contributed by atoms with Crippen molar-refractivity contribution in [1.82, 2.24) is 14.2 Å². The number of benzene rings is 1. The molecule has 1 aromatic heterocycles. The molecule has 148 valence electrons. The van der Waals surface area contributed by atoms with Gasteiger partial charge in [-0.2, -0.15) is 0 Å². The van der Waals surface area contributed by atoms with Crippen molar-refractivity contribution in [1.29, 1.82) is 0 Å². The second kappa shape index (κ2) is 8.16. The number of hydrogen-bond donors (Lipinski definition) is 0. The summed E-state index contributed by atoms with van der Waals surface area (Å²) >= 11 is 5.97. The van der Waals surface area contributed by atoms with Crippen molar-refractivity contribution in [3.05, 3.63) is 58.7 Å². The topological polar surface area (TPSA) is 45.7 Å². The standard InChI is InChI=1S/C20H22ClN3O2S2/c1-23-12-24(2)28(27-18-9-8-15(21)11-22-18)19(23)14-6-4-13(5-7-14)16-10-17(16)20(25)26-3/h4-9,11,16-17H,10,12H2,1-3H3. The van der Waals surface area contributed by atoms with Crippen LogP contribution in [-0.4, -0.2) is 53.0 Å². The zero-order chi connectivity index (χ0) is 19.8. The van der Waals surface area contributed by atoms with Crippen LogP contribution in [0.15, 0.2) is 47.6 Å². The Morgan fingerprint density at radius 2 is 2.00 bits per heavy atom. The summed E-state index contributed by atoms with van der Waals surface area (Å²) in [5.41, 5.74) is 2.41. The summed E-state index contributed by atoms with van der Waals surface area (Å²) in [7, 11) is 7.31. The molecule has 0 bridgehead atoms. The van der Waals surface area contributed by atoms with E-state index in [4.69, 9.17) is 16.3 Å². The lowest BCUT2D eigenvalue weighted by molar-refractivity contribution is -0.142. The van der Waals surface area contributed by atoms with Crippen molar-refractivity contribution < 1.29 is 9.53 Å². The number of nitrogens with zero attached hydrogens (tertiary/aromatic N) is 3. The van der Waals surface area contributed by atoms with E-state index >= 15 is 0 Å². The molecule has 8 heteroatoms. The van der Waals surface area contributed by atoms with Gasteiger partial charge in [0.2, 0.25) is 0 Å². The maximum Gasteiger partial charge on any atom is 0.309 e. The van der Waals surface area contributed by atoms with Gasteiger partial charge in [0.25, 0.3) is 0 Å². The van der Waals surface area contributed by atoms with Gasteiger partial charge in [0.15, 0.2) is 0 Å². The van der Waals surface area contributed by atoms with Gasteiger partial charge < -0.3 is 4.74 Å². The lowest BCUT2D eigenvalue weighted by atomic mass is 10.1. The smallest absolute Gasteiger partial charge is 0.309 e. The molecule has 0 radical (unpaired) electrons. The molecule has 3 unspecified atom stereocenters. The molecule has 4 rings (SSSR count). The van der Waals surface area contributed by atoms with Crippen molar-refractivity contribution in [3.8, 4) is 0 Å². The molecule has 1 aliphatic heterocycles. The minimum atomic E-state index is -0.153. The first-order chi connectivity index (χ1) is 13.5. The highest BCUT2D eigenvalue weighted by atomic mass is 35.5. The van der Waals surface area contributed by atoms with E-state index in [-0.39, 0.29) is 21.6 Å². The molecule has 0 saturated heterocycles. The molecule has 2 aliphatic rings. The minimum Gasteiger partial charge on any atom is -0.469 e. The number of ether oxygens (including phenoxy) is 1. The van der Waals surface area contributed by atoms with Crippen molar-refractivity contribution >= 4 is 43.1 Å². The summed E-state index contributed by atoms with van der Waals surface area (Å²) in [6.07, 6.45) is 2.57. The maximum absolute atomic E-state index is 11.7. The molecule has 1 aliphatic carbocycles. The van der Waals surface area contributed by atoms with Crippen LogP contribution < -0.4 is 0 Å². The molecule has 1 saturated carbocycles. The van der Waals surface area contributed by atoms with E-state index in [1.54, 1.807) is 17.0 Å². The van der Waals surface area contributed by atoms with Crippen molar-refractivity contribution in [3.63, 3.8) is 0 Å². The Morgan fingerprint density at radius 3 is 2.64 bits per heavy atom. The minimum absolute atomic E-state index is 0.0185. The van der Waals surface area contributed by atoms with Crippen LogP contribution >= 0.6 is 32.1 Å². The monoisotopic (exact) mass is 435 g/mol. The second-order valence-corrected chi connectivity index (χ2v) is 11.0. The number of esters is 1. The molecular formula is C20H22ClN3O2S2. The average Bonchev–Trinajstić information content (AvgIpc) is 3.44. The predicted octanol–water partition coefficient (Wildman–Crippen LogP) is 4.22. The fourth-order valence-corrected chi connectivity index (χ4v) is 7.61. The number of hydrogen-bond acceptors (Lipinski definition) is 6. The zero-order valence-electron chi connectivity index (χ0n) is 16.0. The molecule has 0 N–H and O–H groups in total. The van der Waals surface area contributed by atoms with Gasteiger partial charge >= 0.3 is 5.97 Å². The van der Waals surface area contributed by atoms with Gasteiger partial charge in [0.1, 0.15) is 5.03 Å². The van der Waals surface area contributed by atoms with E-state index in [1.165, 1.54) is 23.2 Å².